The molecule has 0 radical (unpaired) electrons. The van der Waals surface area contributed by atoms with E-state index in [1.807, 2.05) is 75.4 Å². The van der Waals surface area contributed by atoms with Gasteiger partial charge in [0.1, 0.15) is 12.6 Å². The van der Waals surface area contributed by atoms with Crippen molar-refractivity contribution in [1.82, 2.24) is 10.2 Å². The fourth-order valence-electron chi connectivity index (χ4n) is 4.44. The van der Waals surface area contributed by atoms with Crippen LogP contribution in [-0.4, -0.2) is 50.5 Å². The quantitative estimate of drug-likeness (QED) is 0.320. The third-order valence-electron chi connectivity index (χ3n) is 6.58. The lowest BCUT2D eigenvalue weighted by Crippen LogP contribution is -2.53. The number of carbonyl (C=O) groups excluding carboxylic acids is 2. The highest BCUT2D eigenvalue weighted by Gasteiger charge is 2.33. The first-order valence-corrected chi connectivity index (χ1v) is 15.5. The second kappa shape index (κ2) is 13.8. The molecule has 0 fully saturated rings. The topological polar surface area (TPSA) is 86.8 Å². The second-order valence-electron chi connectivity index (χ2n) is 10.5. The van der Waals surface area contributed by atoms with Crippen LogP contribution in [0.1, 0.15) is 36.1 Å². The Kier molecular flexibility index (Phi) is 10.8. The Labute approximate surface area is 243 Å². The van der Waals surface area contributed by atoms with Gasteiger partial charge in [-0.05, 0) is 48.6 Å². The maximum absolute atomic E-state index is 14.1. The molecule has 3 aromatic rings. The molecule has 0 aliphatic carbocycles. The molecular formula is C31H38ClN3O4S. The lowest BCUT2D eigenvalue weighted by Gasteiger charge is -2.34. The minimum atomic E-state index is -3.87. The van der Waals surface area contributed by atoms with Crippen LogP contribution in [-0.2, 0) is 32.6 Å². The van der Waals surface area contributed by atoms with Crippen LogP contribution in [0.5, 0.6) is 0 Å². The largest absolute Gasteiger partial charge is 0.354 e. The standard InChI is InChI=1S/C31H38ClN3O4S/c1-22(2)19-33-31(37)29(18-25-12-7-6-8-13-25)34(20-26-14-9-11-23(3)17-26)30(36)21-35(40(5,38)39)28-16-10-15-27(32)24(28)4/h6-17,22,29H,18-21H2,1-5H3,(H,33,37). The zero-order valence-electron chi connectivity index (χ0n) is 23.7. The molecule has 9 heteroatoms. The molecule has 1 atom stereocenters. The Morgan fingerprint density at radius 2 is 1.57 bits per heavy atom. The van der Waals surface area contributed by atoms with E-state index in [4.69, 9.17) is 11.6 Å². The van der Waals surface area contributed by atoms with Crippen molar-refractivity contribution in [3.8, 4) is 0 Å². The summed E-state index contributed by atoms with van der Waals surface area (Å²) in [6, 6.07) is 21.3. The number of nitrogens with zero attached hydrogens (tertiary/aromatic N) is 2. The molecule has 3 rings (SSSR count). The molecule has 0 aromatic heterocycles. The number of halogens is 1. The molecule has 0 saturated heterocycles. The van der Waals surface area contributed by atoms with Crippen LogP contribution in [0.4, 0.5) is 5.69 Å². The smallest absolute Gasteiger partial charge is 0.244 e. The molecule has 0 heterocycles. The van der Waals surface area contributed by atoms with E-state index in [2.05, 4.69) is 5.32 Å². The van der Waals surface area contributed by atoms with Crippen LogP contribution in [0.2, 0.25) is 5.02 Å². The van der Waals surface area contributed by atoms with Crippen molar-refractivity contribution in [2.24, 2.45) is 5.92 Å². The number of carbonyl (C=O) groups is 2. The molecule has 0 saturated carbocycles. The Bertz CT molecular complexity index is 1430. The number of rotatable bonds is 12. The molecule has 40 heavy (non-hydrogen) atoms. The van der Waals surface area contributed by atoms with Crippen molar-refractivity contribution in [2.45, 2.75) is 46.7 Å². The number of anilines is 1. The van der Waals surface area contributed by atoms with Gasteiger partial charge in [-0.15, -0.1) is 0 Å². The Morgan fingerprint density at radius 1 is 0.925 bits per heavy atom. The van der Waals surface area contributed by atoms with E-state index < -0.39 is 28.5 Å². The summed E-state index contributed by atoms with van der Waals surface area (Å²) < 4.78 is 27.0. The summed E-state index contributed by atoms with van der Waals surface area (Å²) >= 11 is 6.30. The monoisotopic (exact) mass is 583 g/mol. The van der Waals surface area contributed by atoms with Crippen molar-refractivity contribution in [3.05, 3.63) is 100 Å². The van der Waals surface area contributed by atoms with Crippen molar-refractivity contribution in [3.63, 3.8) is 0 Å². The summed E-state index contributed by atoms with van der Waals surface area (Å²) in [5.74, 6) is -0.566. The molecule has 1 unspecified atom stereocenters. The molecule has 0 bridgehead atoms. The Morgan fingerprint density at radius 3 is 2.20 bits per heavy atom. The van der Waals surface area contributed by atoms with Crippen molar-refractivity contribution in [1.29, 1.82) is 0 Å². The molecule has 0 aliphatic rings. The van der Waals surface area contributed by atoms with Crippen molar-refractivity contribution < 1.29 is 18.0 Å². The minimum Gasteiger partial charge on any atom is -0.354 e. The average molecular weight is 584 g/mol. The SMILES string of the molecule is Cc1cccc(CN(C(=O)CN(c2cccc(Cl)c2C)S(C)(=O)=O)C(Cc2ccccc2)C(=O)NCC(C)C)c1. The third kappa shape index (κ3) is 8.57. The highest BCUT2D eigenvalue weighted by molar-refractivity contribution is 7.92. The summed E-state index contributed by atoms with van der Waals surface area (Å²) in [6.45, 7) is 7.78. The zero-order valence-corrected chi connectivity index (χ0v) is 25.3. The van der Waals surface area contributed by atoms with E-state index >= 15 is 0 Å². The number of hydrogen-bond acceptors (Lipinski definition) is 4. The third-order valence-corrected chi connectivity index (χ3v) is 8.11. The molecule has 0 aliphatic heterocycles. The van der Waals surface area contributed by atoms with Crippen molar-refractivity contribution >= 4 is 39.1 Å². The minimum absolute atomic E-state index is 0.138. The molecule has 2 amide bonds. The molecule has 1 N–H and O–H groups in total. The van der Waals surface area contributed by atoms with Crippen molar-refractivity contribution in [2.75, 3.05) is 23.7 Å². The highest BCUT2D eigenvalue weighted by Crippen LogP contribution is 2.28. The van der Waals surface area contributed by atoms with Gasteiger partial charge < -0.3 is 10.2 Å². The van der Waals surface area contributed by atoms with E-state index in [-0.39, 0.29) is 24.8 Å². The first kappa shape index (κ1) is 31.2. The van der Waals surface area contributed by atoms with Crippen LogP contribution in [0, 0.1) is 19.8 Å². The van der Waals surface area contributed by atoms with Gasteiger partial charge >= 0.3 is 0 Å². The van der Waals surface area contributed by atoms with Crippen LogP contribution in [0.15, 0.2) is 72.8 Å². The predicted octanol–water partition coefficient (Wildman–Crippen LogP) is 5.14. The van der Waals surface area contributed by atoms with Gasteiger partial charge in [0.2, 0.25) is 21.8 Å². The number of benzene rings is 3. The Balaban J connectivity index is 2.07. The number of hydrogen-bond donors (Lipinski definition) is 1. The number of nitrogens with one attached hydrogen (secondary N) is 1. The van der Waals surface area contributed by atoms with E-state index in [1.165, 1.54) is 4.90 Å². The van der Waals surface area contributed by atoms with Crippen LogP contribution in [0.25, 0.3) is 0 Å². The first-order valence-electron chi connectivity index (χ1n) is 13.3. The first-order chi connectivity index (χ1) is 18.9. The van der Waals surface area contributed by atoms with Gasteiger partial charge in [-0.3, -0.25) is 13.9 Å². The maximum Gasteiger partial charge on any atom is 0.244 e. The molecular weight excluding hydrogens is 546 g/mol. The summed E-state index contributed by atoms with van der Waals surface area (Å²) in [5.41, 5.74) is 3.61. The lowest BCUT2D eigenvalue weighted by molar-refractivity contribution is -0.140. The molecule has 214 valence electrons. The normalized spacial score (nSPS) is 12.2. The molecule has 3 aromatic carbocycles. The summed E-state index contributed by atoms with van der Waals surface area (Å²) in [6.07, 6.45) is 1.33. The Hall–Kier alpha value is -3.36. The maximum atomic E-state index is 14.1. The van der Waals surface area contributed by atoms with Gasteiger partial charge in [-0.25, -0.2) is 8.42 Å². The van der Waals surface area contributed by atoms with Crippen LogP contribution >= 0.6 is 11.6 Å². The summed E-state index contributed by atoms with van der Waals surface area (Å²) in [5, 5.41) is 3.38. The summed E-state index contributed by atoms with van der Waals surface area (Å²) in [4.78, 5) is 29.3. The number of amides is 2. The fourth-order valence-corrected chi connectivity index (χ4v) is 5.51. The number of sulfonamides is 1. The van der Waals surface area contributed by atoms with Gasteiger partial charge in [0, 0.05) is 24.5 Å². The summed E-state index contributed by atoms with van der Waals surface area (Å²) in [7, 11) is -3.87. The average Bonchev–Trinajstić information content (AvgIpc) is 2.89. The fraction of sp³-hybridized carbons (Fsp3) is 0.355. The van der Waals surface area contributed by atoms with Crippen LogP contribution in [0.3, 0.4) is 0 Å². The molecule has 7 nitrogen and oxygen atoms in total. The van der Waals surface area contributed by atoms with Gasteiger partial charge in [-0.2, -0.15) is 0 Å². The van der Waals surface area contributed by atoms with E-state index in [1.54, 1.807) is 25.1 Å². The van der Waals surface area contributed by atoms with E-state index in [0.717, 1.165) is 27.3 Å². The molecule has 0 spiro atoms. The zero-order chi connectivity index (χ0) is 29.4. The lowest BCUT2D eigenvalue weighted by atomic mass is 10.0. The highest BCUT2D eigenvalue weighted by atomic mass is 35.5. The predicted molar refractivity (Wildman–Crippen MR) is 162 cm³/mol. The van der Waals surface area contributed by atoms with Gasteiger partial charge in [0.15, 0.2) is 0 Å². The second-order valence-corrected chi connectivity index (χ2v) is 12.8. The number of aryl methyl sites for hydroxylation is 1. The van der Waals surface area contributed by atoms with Gasteiger partial charge in [0.25, 0.3) is 0 Å². The van der Waals surface area contributed by atoms with Gasteiger partial charge in [0.05, 0.1) is 11.9 Å². The van der Waals surface area contributed by atoms with E-state index in [0.29, 0.717) is 22.8 Å². The van der Waals surface area contributed by atoms with E-state index in [9.17, 15) is 18.0 Å². The van der Waals surface area contributed by atoms with Gasteiger partial charge in [-0.1, -0.05) is 91.7 Å². The van der Waals surface area contributed by atoms with Crippen LogP contribution < -0.4 is 9.62 Å².